The number of methoxy groups -OCH3 is 1. The fourth-order valence-electron chi connectivity index (χ4n) is 2.19. The number of Topliss-reactive ketones (excluding diaryl/α,β-unsaturated/α-hetero) is 1. The van der Waals surface area contributed by atoms with Crippen molar-refractivity contribution in [2.24, 2.45) is 0 Å². The second-order valence-electron chi connectivity index (χ2n) is 4.80. The molecular weight excluding hydrogens is 282 g/mol. The number of aryl methyl sites for hydroxylation is 1. The molecule has 4 heteroatoms. The molecular formula is C17H15NO2S. The van der Waals surface area contributed by atoms with Crippen LogP contribution in [-0.2, 0) is 6.42 Å². The van der Waals surface area contributed by atoms with E-state index in [2.05, 4.69) is 4.98 Å². The van der Waals surface area contributed by atoms with Crippen LogP contribution in [0.4, 0.5) is 0 Å². The first-order valence-electron chi connectivity index (χ1n) is 6.75. The van der Waals surface area contributed by atoms with E-state index in [4.69, 9.17) is 4.74 Å². The monoisotopic (exact) mass is 297 g/mol. The van der Waals surface area contributed by atoms with Gasteiger partial charge in [0.05, 0.1) is 17.3 Å². The van der Waals surface area contributed by atoms with Crippen molar-refractivity contribution in [1.29, 1.82) is 0 Å². The second-order valence-corrected chi connectivity index (χ2v) is 5.75. The predicted molar refractivity (Wildman–Crippen MR) is 85.3 cm³/mol. The highest BCUT2D eigenvalue weighted by Crippen LogP contribution is 2.20. The zero-order chi connectivity index (χ0) is 14.7. The van der Waals surface area contributed by atoms with Gasteiger partial charge in [-0.1, -0.05) is 12.1 Å². The van der Waals surface area contributed by atoms with E-state index in [9.17, 15) is 4.79 Å². The average molecular weight is 297 g/mol. The molecule has 0 aliphatic carbocycles. The molecule has 0 bridgehead atoms. The second kappa shape index (κ2) is 6.06. The van der Waals surface area contributed by atoms with Gasteiger partial charge in [-0.3, -0.25) is 9.78 Å². The Labute approximate surface area is 127 Å². The highest BCUT2D eigenvalue weighted by molar-refractivity contribution is 7.17. The molecule has 3 rings (SSSR count). The molecule has 3 aromatic rings. The first kappa shape index (κ1) is 13.8. The standard InChI is InChI=1S/C17H15NO2S/c1-20-14-5-2-12(3-6-14)4-7-16(19)13-10-17-15(18-11-13)8-9-21-17/h2-3,5-6,8-11H,4,7H2,1H3. The van der Waals surface area contributed by atoms with Crippen LogP contribution in [0.1, 0.15) is 22.3 Å². The average Bonchev–Trinajstić information content (AvgIpc) is 3.00. The third kappa shape index (κ3) is 3.11. The van der Waals surface area contributed by atoms with Crippen molar-refractivity contribution in [3.63, 3.8) is 0 Å². The van der Waals surface area contributed by atoms with Crippen LogP contribution < -0.4 is 4.74 Å². The molecule has 3 nitrogen and oxygen atoms in total. The molecule has 0 radical (unpaired) electrons. The summed E-state index contributed by atoms with van der Waals surface area (Å²) in [5.41, 5.74) is 2.78. The molecule has 0 atom stereocenters. The number of hydrogen-bond acceptors (Lipinski definition) is 4. The van der Waals surface area contributed by atoms with Crippen LogP contribution in [0.3, 0.4) is 0 Å². The van der Waals surface area contributed by atoms with Crippen molar-refractivity contribution >= 4 is 27.3 Å². The third-order valence-corrected chi connectivity index (χ3v) is 4.28. The van der Waals surface area contributed by atoms with E-state index in [1.54, 1.807) is 24.6 Å². The van der Waals surface area contributed by atoms with Gasteiger partial charge in [-0.05, 0) is 41.6 Å². The summed E-state index contributed by atoms with van der Waals surface area (Å²) in [6.45, 7) is 0. The number of thiophene rings is 1. The van der Waals surface area contributed by atoms with Gasteiger partial charge in [-0.15, -0.1) is 11.3 Å². The number of hydrogen-bond donors (Lipinski definition) is 0. The number of carbonyl (C=O) groups is 1. The number of ether oxygens (including phenoxy) is 1. The summed E-state index contributed by atoms with van der Waals surface area (Å²) in [5, 5.41) is 1.99. The number of ketones is 1. The SMILES string of the molecule is COc1ccc(CCC(=O)c2cnc3ccsc3c2)cc1. The number of benzene rings is 1. The Morgan fingerprint density at radius 1 is 1.24 bits per heavy atom. The van der Waals surface area contributed by atoms with Gasteiger partial charge in [0, 0.05) is 18.2 Å². The van der Waals surface area contributed by atoms with Crippen LogP contribution in [0.5, 0.6) is 5.75 Å². The van der Waals surface area contributed by atoms with Gasteiger partial charge in [0.25, 0.3) is 0 Å². The van der Waals surface area contributed by atoms with Gasteiger partial charge in [0.2, 0.25) is 0 Å². The summed E-state index contributed by atoms with van der Waals surface area (Å²) >= 11 is 1.61. The molecule has 106 valence electrons. The smallest absolute Gasteiger partial charge is 0.164 e. The summed E-state index contributed by atoms with van der Waals surface area (Å²) in [6.07, 6.45) is 2.89. The number of rotatable bonds is 5. The first-order chi connectivity index (χ1) is 10.3. The molecule has 0 aliphatic rings. The predicted octanol–water partition coefficient (Wildman–Crippen LogP) is 4.12. The van der Waals surface area contributed by atoms with E-state index in [0.29, 0.717) is 12.0 Å². The number of fused-ring (bicyclic) bond motifs is 1. The zero-order valence-corrected chi connectivity index (χ0v) is 12.5. The summed E-state index contributed by atoms with van der Waals surface area (Å²) < 4.78 is 6.18. The van der Waals surface area contributed by atoms with E-state index < -0.39 is 0 Å². The van der Waals surface area contributed by atoms with Crippen LogP contribution in [0.25, 0.3) is 10.2 Å². The van der Waals surface area contributed by atoms with Crippen LogP contribution in [0.2, 0.25) is 0 Å². The molecule has 0 amide bonds. The molecule has 0 unspecified atom stereocenters. The Morgan fingerprint density at radius 2 is 2.05 bits per heavy atom. The van der Waals surface area contributed by atoms with Gasteiger partial charge in [-0.25, -0.2) is 0 Å². The zero-order valence-electron chi connectivity index (χ0n) is 11.7. The van der Waals surface area contributed by atoms with Crippen molar-refractivity contribution in [3.8, 4) is 5.75 Å². The van der Waals surface area contributed by atoms with Crippen LogP contribution in [0, 0.1) is 0 Å². The quantitative estimate of drug-likeness (QED) is 0.665. The molecule has 0 aliphatic heterocycles. The lowest BCUT2D eigenvalue weighted by Crippen LogP contribution is -2.01. The van der Waals surface area contributed by atoms with Crippen LogP contribution in [0.15, 0.2) is 48.0 Å². The van der Waals surface area contributed by atoms with Crippen LogP contribution in [-0.4, -0.2) is 17.9 Å². The molecule has 2 heterocycles. The van der Waals surface area contributed by atoms with Crippen molar-refractivity contribution in [3.05, 3.63) is 59.1 Å². The lowest BCUT2D eigenvalue weighted by molar-refractivity contribution is 0.0982. The Balaban J connectivity index is 1.67. The molecule has 0 spiro atoms. The lowest BCUT2D eigenvalue weighted by atomic mass is 10.0. The summed E-state index contributed by atoms with van der Waals surface area (Å²) in [5.74, 6) is 0.964. The van der Waals surface area contributed by atoms with Crippen molar-refractivity contribution in [1.82, 2.24) is 4.98 Å². The minimum atomic E-state index is 0.133. The maximum absolute atomic E-state index is 12.2. The van der Waals surface area contributed by atoms with Crippen LogP contribution >= 0.6 is 11.3 Å². The van der Waals surface area contributed by atoms with E-state index in [1.165, 1.54) is 0 Å². The summed E-state index contributed by atoms with van der Waals surface area (Å²) in [6, 6.07) is 11.7. The number of carbonyl (C=O) groups excluding carboxylic acids is 1. The summed E-state index contributed by atoms with van der Waals surface area (Å²) in [7, 11) is 1.65. The fraction of sp³-hybridized carbons (Fsp3) is 0.176. The highest BCUT2D eigenvalue weighted by Gasteiger charge is 2.08. The number of aromatic nitrogens is 1. The topological polar surface area (TPSA) is 39.2 Å². The molecule has 1 aromatic carbocycles. The lowest BCUT2D eigenvalue weighted by Gasteiger charge is -2.04. The Morgan fingerprint density at radius 3 is 2.81 bits per heavy atom. The molecule has 0 N–H and O–H groups in total. The normalized spacial score (nSPS) is 10.7. The molecule has 21 heavy (non-hydrogen) atoms. The van der Waals surface area contributed by atoms with Crippen molar-refractivity contribution in [2.75, 3.05) is 7.11 Å². The first-order valence-corrected chi connectivity index (χ1v) is 7.63. The minimum Gasteiger partial charge on any atom is -0.497 e. The largest absolute Gasteiger partial charge is 0.497 e. The summed E-state index contributed by atoms with van der Waals surface area (Å²) in [4.78, 5) is 16.6. The molecule has 2 aromatic heterocycles. The van der Waals surface area contributed by atoms with Gasteiger partial charge >= 0.3 is 0 Å². The van der Waals surface area contributed by atoms with Gasteiger partial charge < -0.3 is 4.74 Å². The van der Waals surface area contributed by atoms with Gasteiger partial charge in [-0.2, -0.15) is 0 Å². The van der Waals surface area contributed by atoms with E-state index in [-0.39, 0.29) is 5.78 Å². The third-order valence-electron chi connectivity index (χ3n) is 3.42. The van der Waals surface area contributed by atoms with Crippen molar-refractivity contribution < 1.29 is 9.53 Å². The van der Waals surface area contributed by atoms with E-state index in [0.717, 1.165) is 28.0 Å². The number of pyridine rings is 1. The number of nitrogens with zero attached hydrogens (tertiary/aromatic N) is 1. The fourth-order valence-corrected chi connectivity index (χ4v) is 2.97. The van der Waals surface area contributed by atoms with Crippen molar-refractivity contribution in [2.45, 2.75) is 12.8 Å². The molecule has 0 fully saturated rings. The maximum Gasteiger partial charge on any atom is 0.164 e. The molecule has 0 saturated carbocycles. The maximum atomic E-state index is 12.2. The minimum absolute atomic E-state index is 0.133. The Bertz CT molecular complexity index is 762. The molecule has 0 saturated heterocycles. The Hall–Kier alpha value is -2.20. The Kier molecular flexibility index (Phi) is 3.97. The highest BCUT2D eigenvalue weighted by atomic mass is 32.1. The van der Waals surface area contributed by atoms with Gasteiger partial charge in [0.15, 0.2) is 5.78 Å². The van der Waals surface area contributed by atoms with Gasteiger partial charge in [0.1, 0.15) is 5.75 Å². The van der Waals surface area contributed by atoms with E-state index in [1.807, 2.05) is 41.8 Å². The van der Waals surface area contributed by atoms with E-state index >= 15 is 0 Å².